The molecule has 1 aliphatic heterocycles. The van der Waals surface area contributed by atoms with Gasteiger partial charge in [-0.1, -0.05) is 18.2 Å². The lowest BCUT2D eigenvalue weighted by Gasteiger charge is -2.18. The molecule has 0 unspecified atom stereocenters. The van der Waals surface area contributed by atoms with Crippen molar-refractivity contribution in [3.05, 3.63) is 86.2 Å². The maximum atomic E-state index is 12.5. The van der Waals surface area contributed by atoms with Crippen LogP contribution in [0, 0.1) is 0 Å². The lowest BCUT2D eigenvalue weighted by Crippen LogP contribution is -2.27. The van der Waals surface area contributed by atoms with Gasteiger partial charge in [0.15, 0.2) is 0 Å². The molecule has 0 saturated carbocycles. The Morgan fingerprint density at radius 1 is 1.04 bits per heavy atom. The Bertz CT molecular complexity index is 887. The van der Waals surface area contributed by atoms with Crippen LogP contribution >= 0.6 is 11.3 Å². The zero-order chi connectivity index (χ0) is 17.1. The maximum absolute atomic E-state index is 12.5. The standard InChI is InChI=1S/C20H21N3OS/c24-20-6-5-17-7-10-22(15-18-4-2-12-25-18)11-8-19(17)23(20)14-16-3-1-9-21-13-16/h1-6,9,12-13H,7-8,10-11,14-15H2. The summed E-state index contributed by atoms with van der Waals surface area (Å²) in [5, 5.41) is 2.13. The molecule has 0 fully saturated rings. The quantitative estimate of drug-likeness (QED) is 0.725. The summed E-state index contributed by atoms with van der Waals surface area (Å²) < 4.78 is 1.93. The van der Waals surface area contributed by atoms with Crippen LogP contribution < -0.4 is 5.56 Å². The molecule has 0 saturated heterocycles. The summed E-state index contributed by atoms with van der Waals surface area (Å²) in [5.74, 6) is 0. The smallest absolute Gasteiger partial charge is 0.251 e. The van der Waals surface area contributed by atoms with E-state index in [-0.39, 0.29) is 5.56 Å². The van der Waals surface area contributed by atoms with Crippen LogP contribution in [0.5, 0.6) is 0 Å². The van der Waals surface area contributed by atoms with Crippen molar-refractivity contribution in [1.82, 2.24) is 14.5 Å². The van der Waals surface area contributed by atoms with Crippen molar-refractivity contribution < 1.29 is 0 Å². The van der Waals surface area contributed by atoms with Crippen LogP contribution in [0.4, 0.5) is 0 Å². The van der Waals surface area contributed by atoms with Gasteiger partial charge in [-0.3, -0.25) is 14.7 Å². The van der Waals surface area contributed by atoms with Gasteiger partial charge >= 0.3 is 0 Å². The van der Waals surface area contributed by atoms with Gasteiger partial charge in [-0.25, -0.2) is 0 Å². The summed E-state index contributed by atoms with van der Waals surface area (Å²) in [7, 11) is 0. The number of thiophene rings is 1. The second-order valence-electron chi connectivity index (χ2n) is 6.45. The third-order valence-corrected chi connectivity index (χ3v) is 5.64. The van der Waals surface area contributed by atoms with E-state index in [4.69, 9.17) is 0 Å². The van der Waals surface area contributed by atoms with E-state index in [1.165, 1.54) is 16.1 Å². The SMILES string of the molecule is O=c1ccc2c(n1Cc1cccnc1)CCN(Cc1cccs1)CC2. The zero-order valence-electron chi connectivity index (χ0n) is 14.1. The molecule has 5 heteroatoms. The van der Waals surface area contributed by atoms with Gasteiger partial charge in [0.25, 0.3) is 5.56 Å². The molecule has 0 bridgehead atoms. The average Bonchev–Trinajstić information content (AvgIpc) is 3.06. The van der Waals surface area contributed by atoms with E-state index in [2.05, 4.69) is 27.4 Å². The van der Waals surface area contributed by atoms with E-state index in [0.29, 0.717) is 6.54 Å². The van der Waals surface area contributed by atoms with Gasteiger partial charge in [0, 0.05) is 55.1 Å². The third kappa shape index (κ3) is 3.72. The van der Waals surface area contributed by atoms with Crippen molar-refractivity contribution in [1.29, 1.82) is 0 Å². The van der Waals surface area contributed by atoms with Crippen molar-refractivity contribution in [2.45, 2.75) is 25.9 Å². The van der Waals surface area contributed by atoms with E-state index in [0.717, 1.165) is 38.0 Å². The van der Waals surface area contributed by atoms with Crippen LogP contribution in [-0.2, 0) is 25.9 Å². The van der Waals surface area contributed by atoms with E-state index in [1.54, 1.807) is 12.3 Å². The van der Waals surface area contributed by atoms with Crippen molar-refractivity contribution in [3.63, 3.8) is 0 Å². The fourth-order valence-corrected chi connectivity index (χ4v) is 4.22. The normalized spacial score (nSPS) is 14.9. The van der Waals surface area contributed by atoms with Crippen molar-refractivity contribution in [2.24, 2.45) is 0 Å². The van der Waals surface area contributed by atoms with E-state index in [1.807, 2.05) is 40.3 Å². The summed E-state index contributed by atoms with van der Waals surface area (Å²) in [6.45, 7) is 3.62. The highest BCUT2D eigenvalue weighted by Crippen LogP contribution is 2.18. The molecule has 0 aliphatic carbocycles. The summed E-state index contributed by atoms with van der Waals surface area (Å²) in [6, 6.07) is 12.0. The van der Waals surface area contributed by atoms with Crippen LogP contribution in [0.1, 0.15) is 21.7 Å². The van der Waals surface area contributed by atoms with Crippen molar-refractivity contribution in [3.8, 4) is 0 Å². The summed E-state index contributed by atoms with van der Waals surface area (Å²) in [4.78, 5) is 20.5. The zero-order valence-corrected chi connectivity index (χ0v) is 14.9. The predicted molar refractivity (Wildman–Crippen MR) is 101 cm³/mol. The number of aromatic nitrogens is 2. The van der Waals surface area contributed by atoms with Gasteiger partial charge < -0.3 is 4.57 Å². The molecule has 0 radical (unpaired) electrons. The molecule has 0 amide bonds. The van der Waals surface area contributed by atoms with Crippen molar-refractivity contribution >= 4 is 11.3 Å². The first-order valence-corrected chi connectivity index (χ1v) is 9.53. The second-order valence-corrected chi connectivity index (χ2v) is 7.48. The summed E-state index contributed by atoms with van der Waals surface area (Å²) >= 11 is 1.81. The first-order valence-electron chi connectivity index (χ1n) is 8.65. The highest BCUT2D eigenvalue weighted by atomic mass is 32.1. The summed E-state index contributed by atoms with van der Waals surface area (Å²) in [5.41, 5.74) is 3.63. The lowest BCUT2D eigenvalue weighted by atomic mass is 10.1. The molecular weight excluding hydrogens is 330 g/mol. The Morgan fingerprint density at radius 3 is 2.76 bits per heavy atom. The first-order chi connectivity index (χ1) is 12.3. The molecular formula is C20H21N3OS. The average molecular weight is 351 g/mol. The molecule has 4 heterocycles. The minimum Gasteiger partial charge on any atom is -0.308 e. The minimum atomic E-state index is 0.0781. The van der Waals surface area contributed by atoms with Crippen LogP contribution in [-0.4, -0.2) is 27.5 Å². The number of rotatable bonds is 4. The second kappa shape index (κ2) is 7.33. The van der Waals surface area contributed by atoms with Gasteiger partial charge in [0.1, 0.15) is 0 Å². The largest absolute Gasteiger partial charge is 0.308 e. The third-order valence-electron chi connectivity index (χ3n) is 4.77. The van der Waals surface area contributed by atoms with E-state index >= 15 is 0 Å². The lowest BCUT2D eigenvalue weighted by molar-refractivity contribution is 0.281. The van der Waals surface area contributed by atoms with Crippen LogP contribution in [0.3, 0.4) is 0 Å². The van der Waals surface area contributed by atoms with Gasteiger partial charge in [-0.05, 0) is 35.1 Å². The van der Waals surface area contributed by atoms with E-state index < -0.39 is 0 Å². The minimum absolute atomic E-state index is 0.0781. The van der Waals surface area contributed by atoms with E-state index in [9.17, 15) is 4.79 Å². The molecule has 3 aromatic heterocycles. The van der Waals surface area contributed by atoms with Crippen LogP contribution in [0.15, 0.2) is 59.0 Å². The van der Waals surface area contributed by atoms with Gasteiger partial charge in [0.2, 0.25) is 0 Å². The number of nitrogens with zero attached hydrogens (tertiary/aromatic N) is 3. The monoisotopic (exact) mass is 351 g/mol. The molecule has 4 rings (SSSR count). The molecule has 25 heavy (non-hydrogen) atoms. The number of hydrogen-bond acceptors (Lipinski definition) is 4. The Hall–Kier alpha value is -2.24. The van der Waals surface area contributed by atoms with Crippen molar-refractivity contribution in [2.75, 3.05) is 13.1 Å². The Balaban J connectivity index is 1.58. The molecule has 128 valence electrons. The molecule has 0 N–H and O–H groups in total. The van der Waals surface area contributed by atoms with Crippen LogP contribution in [0.2, 0.25) is 0 Å². The number of fused-ring (bicyclic) bond motifs is 1. The Labute approximate surface area is 151 Å². The van der Waals surface area contributed by atoms with Gasteiger partial charge in [0.05, 0.1) is 6.54 Å². The first kappa shape index (κ1) is 16.2. The molecule has 1 aliphatic rings. The number of pyridine rings is 2. The maximum Gasteiger partial charge on any atom is 0.251 e. The fourth-order valence-electron chi connectivity index (χ4n) is 3.47. The predicted octanol–water partition coefficient (Wildman–Crippen LogP) is 2.95. The summed E-state index contributed by atoms with van der Waals surface area (Å²) in [6.07, 6.45) is 5.51. The Morgan fingerprint density at radius 2 is 1.96 bits per heavy atom. The molecule has 0 aromatic carbocycles. The number of hydrogen-bond donors (Lipinski definition) is 0. The van der Waals surface area contributed by atoms with Crippen LogP contribution in [0.25, 0.3) is 0 Å². The van der Waals surface area contributed by atoms with Gasteiger partial charge in [-0.15, -0.1) is 11.3 Å². The molecule has 4 nitrogen and oxygen atoms in total. The fraction of sp³-hybridized carbons (Fsp3) is 0.300. The molecule has 0 spiro atoms. The topological polar surface area (TPSA) is 38.1 Å². The highest BCUT2D eigenvalue weighted by molar-refractivity contribution is 7.09. The highest BCUT2D eigenvalue weighted by Gasteiger charge is 2.18. The van der Waals surface area contributed by atoms with Gasteiger partial charge in [-0.2, -0.15) is 0 Å². The Kier molecular flexibility index (Phi) is 4.76. The molecule has 0 atom stereocenters. The molecule has 3 aromatic rings.